The van der Waals surface area contributed by atoms with E-state index in [0.717, 1.165) is 11.4 Å². The van der Waals surface area contributed by atoms with E-state index in [1.807, 2.05) is 12.1 Å². The number of nitrogens with one attached hydrogen (secondary N) is 1. The highest BCUT2D eigenvalue weighted by molar-refractivity contribution is 5.75. The van der Waals surface area contributed by atoms with Crippen LogP contribution in [0.25, 0.3) is 11.4 Å². The molecule has 3 aromatic rings. The van der Waals surface area contributed by atoms with Crippen molar-refractivity contribution in [1.82, 2.24) is 15.2 Å². The Bertz CT molecular complexity index is 942. The molecule has 0 saturated heterocycles. The van der Waals surface area contributed by atoms with Gasteiger partial charge in [0.05, 0.1) is 30.1 Å². The maximum Gasteiger partial charge on any atom is 0.307 e. The Kier molecular flexibility index (Phi) is 4.58. The second-order valence-electron chi connectivity index (χ2n) is 6.56. The molecular weight excluding hydrogens is 349 g/mol. The van der Waals surface area contributed by atoms with Gasteiger partial charge >= 0.3 is 5.97 Å². The standard InChI is InChI=1S/C20H18FN3O3/c21-19-12(2-1-3-14(19)15-10-16(15)20(25)26)7-9-27-13-4-5-17(22-11-13)18-6-8-23-24-18/h1-6,8,11,15-16H,7,9-10H2,(H,23,24)(H,25,26). The Balaban J connectivity index is 1.36. The summed E-state index contributed by atoms with van der Waals surface area (Å²) in [6.07, 6.45) is 4.17. The first-order valence-electron chi connectivity index (χ1n) is 8.72. The van der Waals surface area contributed by atoms with Crippen molar-refractivity contribution in [3.05, 3.63) is 65.7 Å². The van der Waals surface area contributed by atoms with Crippen LogP contribution in [-0.2, 0) is 11.2 Å². The average Bonchev–Trinajstić information content (AvgIpc) is 3.28. The third kappa shape index (κ3) is 3.67. The summed E-state index contributed by atoms with van der Waals surface area (Å²) in [4.78, 5) is 15.3. The first-order chi connectivity index (χ1) is 13.1. The van der Waals surface area contributed by atoms with E-state index < -0.39 is 11.9 Å². The Morgan fingerprint density at radius 2 is 2.19 bits per heavy atom. The molecule has 0 aliphatic heterocycles. The van der Waals surface area contributed by atoms with Crippen LogP contribution in [0.2, 0.25) is 0 Å². The quantitative estimate of drug-likeness (QED) is 0.668. The predicted molar refractivity (Wildman–Crippen MR) is 95.9 cm³/mol. The number of ether oxygens (including phenoxy) is 1. The van der Waals surface area contributed by atoms with Crippen LogP contribution in [0, 0.1) is 11.7 Å². The number of carbonyl (C=O) groups is 1. The first-order valence-corrected chi connectivity index (χ1v) is 8.72. The van der Waals surface area contributed by atoms with Crippen molar-refractivity contribution in [1.29, 1.82) is 0 Å². The summed E-state index contributed by atoms with van der Waals surface area (Å²) in [5, 5.41) is 15.8. The Labute approximate surface area is 155 Å². The van der Waals surface area contributed by atoms with Gasteiger partial charge in [0.15, 0.2) is 0 Å². The lowest BCUT2D eigenvalue weighted by atomic mass is 10.0. The summed E-state index contributed by atoms with van der Waals surface area (Å²) in [5.41, 5.74) is 2.60. The number of halogens is 1. The minimum atomic E-state index is -0.862. The number of carboxylic acid groups (broad SMARTS) is 1. The highest BCUT2D eigenvalue weighted by Crippen LogP contribution is 2.48. The third-order valence-corrected chi connectivity index (χ3v) is 4.77. The summed E-state index contributed by atoms with van der Waals surface area (Å²) in [7, 11) is 0. The Morgan fingerprint density at radius 3 is 2.85 bits per heavy atom. The van der Waals surface area contributed by atoms with Crippen molar-refractivity contribution in [3.8, 4) is 17.1 Å². The minimum Gasteiger partial charge on any atom is -0.492 e. The van der Waals surface area contributed by atoms with Gasteiger partial charge in [-0.3, -0.25) is 14.9 Å². The van der Waals surface area contributed by atoms with E-state index in [9.17, 15) is 9.18 Å². The van der Waals surface area contributed by atoms with Gasteiger partial charge in [-0.1, -0.05) is 18.2 Å². The first kappa shape index (κ1) is 17.2. The molecule has 2 N–H and O–H groups in total. The van der Waals surface area contributed by atoms with Crippen LogP contribution in [0.1, 0.15) is 23.5 Å². The number of rotatable bonds is 7. The van der Waals surface area contributed by atoms with Gasteiger partial charge in [0, 0.05) is 18.5 Å². The molecule has 0 radical (unpaired) electrons. The highest BCUT2D eigenvalue weighted by atomic mass is 19.1. The van der Waals surface area contributed by atoms with Crippen molar-refractivity contribution in [3.63, 3.8) is 0 Å². The normalized spacial score (nSPS) is 18.3. The number of hydrogen-bond donors (Lipinski definition) is 2. The monoisotopic (exact) mass is 367 g/mol. The molecule has 1 saturated carbocycles. The SMILES string of the molecule is O=C(O)C1CC1c1cccc(CCOc2ccc(-c3ccn[nH]3)nc2)c1F. The number of carboxylic acids is 1. The summed E-state index contributed by atoms with van der Waals surface area (Å²) < 4.78 is 20.3. The van der Waals surface area contributed by atoms with Gasteiger partial charge in [0.25, 0.3) is 0 Å². The number of pyridine rings is 1. The van der Waals surface area contributed by atoms with E-state index in [-0.39, 0.29) is 11.7 Å². The van der Waals surface area contributed by atoms with Gasteiger partial charge in [-0.15, -0.1) is 0 Å². The smallest absolute Gasteiger partial charge is 0.307 e. The van der Waals surface area contributed by atoms with Crippen LogP contribution in [-0.4, -0.2) is 32.9 Å². The lowest BCUT2D eigenvalue weighted by molar-refractivity contribution is -0.138. The van der Waals surface area contributed by atoms with E-state index in [4.69, 9.17) is 9.84 Å². The van der Waals surface area contributed by atoms with Crippen LogP contribution in [0.15, 0.2) is 48.8 Å². The van der Waals surface area contributed by atoms with E-state index in [0.29, 0.717) is 36.3 Å². The van der Waals surface area contributed by atoms with Gasteiger partial charge in [-0.2, -0.15) is 5.10 Å². The van der Waals surface area contributed by atoms with Gasteiger partial charge in [-0.25, -0.2) is 4.39 Å². The van der Waals surface area contributed by atoms with Gasteiger partial charge in [-0.05, 0) is 35.7 Å². The van der Waals surface area contributed by atoms with Crippen molar-refractivity contribution in [2.75, 3.05) is 6.61 Å². The number of benzene rings is 1. The van der Waals surface area contributed by atoms with Crippen molar-refractivity contribution < 1.29 is 19.0 Å². The van der Waals surface area contributed by atoms with Crippen LogP contribution in [0.4, 0.5) is 4.39 Å². The molecule has 0 amide bonds. The van der Waals surface area contributed by atoms with E-state index in [1.54, 1.807) is 36.7 Å². The summed E-state index contributed by atoms with van der Waals surface area (Å²) in [6, 6.07) is 10.6. The molecule has 7 heteroatoms. The van der Waals surface area contributed by atoms with Crippen LogP contribution >= 0.6 is 0 Å². The van der Waals surface area contributed by atoms with E-state index in [2.05, 4.69) is 15.2 Å². The molecule has 27 heavy (non-hydrogen) atoms. The lowest BCUT2D eigenvalue weighted by Crippen LogP contribution is -2.06. The topological polar surface area (TPSA) is 88.1 Å². The molecule has 1 aliphatic rings. The van der Waals surface area contributed by atoms with E-state index >= 15 is 0 Å². The molecule has 4 rings (SSSR count). The van der Waals surface area contributed by atoms with Crippen molar-refractivity contribution in [2.24, 2.45) is 5.92 Å². The molecule has 0 bridgehead atoms. The van der Waals surface area contributed by atoms with E-state index in [1.165, 1.54) is 0 Å². The molecule has 2 atom stereocenters. The molecule has 6 nitrogen and oxygen atoms in total. The second kappa shape index (κ2) is 7.19. The van der Waals surface area contributed by atoms with Gasteiger partial charge in [0.1, 0.15) is 11.6 Å². The van der Waals surface area contributed by atoms with Crippen LogP contribution < -0.4 is 4.74 Å². The summed E-state index contributed by atoms with van der Waals surface area (Å²) in [6.45, 7) is 0.304. The molecule has 1 fully saturated rings. The molecule has 2 aromatic heterocycles. The zero-order valence-corrected chi connectivity index (χ0v) is 14.4. The van der Waals surface area contributed by atoms with Crippen LogP contribution in [0.3, 0.4) is 0 Å². The molecule has 1 aliphatic carbocycles. The summed E-state index contributed by atoms with van der Waals surface area (Å²) >= 11 is 0. The number of nitrogens with zero attached hydrogens (tertiary/aromatic N) is 2. The number of aromatic amines is 1. The fourth-order valence-corrected chi connectivity index (χ4v) is 3.19. The maximum absolute atomic E-state index is 14.7. The number of aliphatic carboxylic acids is 1. The number of hydrogen-bond acceptors (Lipinski definition) is 4. The second-order valence-corrected chi connectivity index (χ2v) is 6.56. The van der Waals surface area contributed by atoms with Crippen LogP contribution in [0.5, 0.6) is 5.75 Å². The lowest BCUT2D eigenvalue weighted by Gasteiger charge is -2.09. The molecule has 2 heterocycles. The van der Waals surface area contributed by atoms with Gasteiger partial charge < -0.3 is 9.84 Å². The molecule has 0 spiro atoms. The third-order valence-electron chi connectivity index (χ3n) is 4.77. The fraction of sp³-hybridized carbons (Fsp3) is 0.250. The Hall–Kier alpha value is -3.22. The maximum atomic E-state index is 14.7. The van der Waals surface area contributed by atoms with Crippen molar-refractivity contribution in [2.45, 2.75) is 18.8 Å². The number of aromatic nitrogens is 3. The fourth-order valence-electron chi connectivity index (χ4n) is 3.19. The zero-order valence-electron chi connectivity index (χ0n) is 14.4. The molecule has 1 aromatic carbocycles. The summed E-state index contributed by atoms with van der Waals surface area (Å²) in [5.74, 6) is -1.27. The average molecular weight is 367 g/mol. The minimum absolute atomic E-state index is 0.220. The molecule has 2 unspecified atom stereocenters. The highest BCUT2D eigenvalue weighted by Gasteiger charge is 2.45. The zero-order chi connectivity index (χ0) is 18.8. The predicted octanol–water partition coefficient (Wildman–Crippen LogP) is 3.42. The molecular formula is C20H18FN3O3. The van der Waals surface area contributed by atoms with Gasteiger partial charge in [0.2, 0.25) is 0 Å². The largest absolute Gasteiger partial charge is 0.492 e. The Morgan fingerprint density at radius 1 is 1.30 bits per heavy atom. The van der Waals surface area contributed by atoms with Crippen molar-refractivity contribution >= 4 is 5.97 Å². The molecule has 138 valence electrons. The number of H-pyrrole nitrogens is 1.